The maximum Gasteiger partial charge on any atom is -1.00 e. The number of rotatable bonds is 6. The molecule has 0 atom stereocenters. The van der Waals surface area contributed by atoms with Crippen molar-refractivity contribution in [3.63, 3.8) is 0 Å². The molecule has 2 aliphatic heterocycles. The molecule has 0 aromatic carbocycles. The average Bonchev–Trinajstić information content (AvgIpc) is 3.40. The summed E-state index contributed by atoms with van der Waals surface area (Å²) in [6.45, 7) is 15.9. The Bertz CT molecular complexity index is 656. The molecule has 0 unspecified atom stereocenters. The number of hydrogen-bond donors (Lipinski definition) is 0. The van der Waals surface area contributed by atoms with Gasteiger partial charge in [-0.2, -0.15) is 0 Å². The summed E-state index contributed by atoms with van der Waals surface area (Å²) in [6.07, 6.45) is 18.3. The Morgan fingerprint density at radius 2 is 1.00 bits per heavy atom. The molecule has 160 valence electrons. The van der Waals surface area contributed by atoms with E-state index < -0.39 is 39.7 Å². The predicted octanol–water partition coefficient (Wildman–Crippen LogP) is -0.815. The standard InChI is InChI=1S/2C11H18NSi.2BrH.Zr/c2*1-13(2,11-7-3-4-8-11)12-9-5-6-10-12;;;/h2*3,7H,4-6,9-10H2,1-2H3;2*1H;/q;;;;+2/p-2. The Kier molecular flexibility index (Phi) is 9.88. The van der Waals surface area contributed by atoms with E-state index in [9.17, 15) is 0 Å². The van der Waals surface area contributed by atoms with Crippen LogP contribution < -0.4 is 34.0 Å². The summed E-state index contributed by atoms with van der Waals surface area (Å²) in [5, 5.41) is 3.66. The molecular weight excluding hydrogens is 599 g/mol. The van der Waals surface area contributed by atoms with Crippen molar-refractivity contribution >= 4 is 16.5 Å². The first-order chi connectivity index (χ1) is 12.9. The number of hydrogen-bond acceptors (Lipinski definition) is 2. The summed E-state index contributed by atoms with van der Waals surface area (Å²) in [4.78, 5) is 0. The van der Waals surface area contributed by atoms with Crippen LogP contribution in [0.25, 0.3) is 0 Å². The summed E-state index contributed by atoms with van der Waals surface area (Å²) >= 11 is -0.636. The van der Waals surface area contributed by atoms with Crippen molar-refractivity contribution in [3.05, 3.63) is 41.3 Å². The third-order valence-corrected chi connectivity index (χ3v) is 19.9. The van der Waals surface area contributed by atoms with E-state index in [-0.39, 0.29) is 34.0 Å². The van der Waals surface area contributed by atoms with Gasteiger partial charge in [0.25, 0.3) is 0 Å². The fraction of sp³-hybridized carbons (Fsp3) is 0.636. The number of halogens is 2. The fourth-order valence-electron chi connectivity index (χ4n) is 5.47. The van der Waals surface area contributed by atoms with E-state index >= 15 is 0 Å². The first-order valence-corrected chi connectivity index (χ1v) is 19.3. The van der Waals surface area contributed by atoms with Crippen LogP contribution in [0.1, 0.15) is 38.5 Å². The van der Waals surface area contributed by atoms with Crippen LogP contribution in [0.2, 0.25) is 26.2 Å². The van der Waals surface area contributed by atoms with Gasteiger partial charge in [-0.1, -0.05) is 0 Å². The van der Waals surface area contributed by atoms with Crippen LogP contribution in [0.4, 0.5) is 0 Å². The van der Waals surface area contributed by atoms with Gasteiger partial charge in [-0.05, 0) is 0 Å². The Morgan fingerprint density at radius 1 is 0.655 bits per heavy atom. The van der Waals surface area contributed by atoms with E-state index in [0.717, 1.165) is 0 Å². The molecule has 2 nitrogen and oxygen atoms in total. The van der Waals surface area contributed by atoms with Crippen LogP contribution in [0.15, 0.2) is 41.3 Å². The zero-order chi connectivity index (χ0) is 19.1. The molecule has 29 heavy (non-hydrogen) atoms. The quantitative estimate of drug-likeness (QED) is 0.353. The van der Waals surface area contributed by atoms with Crippen LogP contribution in [-0.4, -0.2) is 51.8 Å². The second-order valence-electron chi connectivity index (χ2n) is 9.63. The minimum absolute atomic E-state index is 0. The van der Waals surface area contributed by atoms with E-state index in [1.807, 2.05) is 17.0 Å². The summed E-state index contributed by atoms with van der Waals surface area (Å²) in [5.74, 6) is 0. The third-order valence-electron chi connectivity index (χ3n) is 7.28. The molecule has 4 aliphatic rings. The van der Waals surface area contributed by atoms with Gasteiger partial charge in [0, 0.05) is 0 Å². The molecule has 0 aromatic heterocycles. The molecule has 0 N–H and O–H groups in total. The second-order valence-corrected chi connectivity index (χ2v) is 21.8. The largest absolute Gasteiger partial charge is 1.00 e. The van der Waals surface area contributed by atoms with Crippen molar-refractivity contribution < 1.29 is 57.2 Å². The fourth-order valence-corrected chi connectivity index (χ4v) is 20.1. The van der Waals surface area contributed by atoms with Gasteiger partial charge in [0.15, 0.2) is 0 Å². The van der Waals surface area contributed by atoms with Crippen LogP contribution >= 0.6 is 0 Å². The molecule has 4 rings (SSSR count). The van der Waals surface area contributed by atoms with Gasteiger partial charge in [0.2, 0.25) is 0 Å². The number of allylic oxidation sites excluding steroid dienone is 8. The van der Waals surface area contributed by atoms with Gasteiger partial charge in [-0.3, -0.25) is 0 Å². The number of nitrogens with zero attached hydrogens (tertiary/aromatic N) is 2. The minimum atomic E-state index is -1.44. The van der Waals surface area contributed by atoms with Crippen molar-refractivity contribution in [2.75, 3.05) is 26.2 Å². The summed E-state index contributed by atoms with van der Waals surface area (Å²) < 4.78 is 9.60. The third kappa shape index (κ3) is 5.39. The summed E-state index contributed by atoms with van der Waals surface area (Å²) in [7, 11) is -2.88. The first-order valence-electron chi connectivity index (χ1n) is 11.0. The Morgan fingerprint density at radius 3 is 1.34 bits per heavy atom. The maximum atomic E-state index is 2.88. The van der Waals surface area contributed by atoms with Crippen LogP contribution in [0.5, 0.6) is 0 Å². The molecular formula is C22H36Br2N2Si2Zr. The Balaban J connectivity index is 0.00000150. The first kappa shape index (κ1) is 26.4. The van der Waals surface area contributed by atoms with Crippen molar-refractivity contribution in [1.82, 2.24) is 9.13 Å². The van der Waals surface area contributed by atoms with Gasteiger partial charge in [0.05, 0.1) is 0 Å². The second kappa shape index (κ2) is 10.9. The Hall–Kier alpha value is 1.16. The van der Waals surface area contributed by atoms with E-state index in [4.69, 9.17) is 0 Å². The van der Waals surface area contributed by atoms with Gasteiger partial charge in [0.1, 0.15) is 0 Å². The van der Waals surface area contributed by atoms with E-state index in [1.54, 1.807) is 0 Å². The normalized spacial score (nSPS) is 23.0. The average molecular weight is 636 g/mol. The molecule has 7 heteroatoms. The SMILES string of the molecule is C[Si](C)(C1=[C]([Zr+2][C]2=C([Si](C)(C)N3CCCC3)C=CC2)CC=C1)N1CCCC1.[Br-].[Br-]. The van der Waals surface area contributed by atoms with Crippen LogP contribution in [-0.2, 0) is 23.2 Å². The molecule has 2 heterocycles. The van der Waals surface area contributed by atoms with Crippen molar-refractivity contribution in [2.45, 2.75) is 64.7 Å². The topological polar surface area (TPSA) is 6.48 Å². The predicted molar refractivity (Wildman–Crippen MR) is 118 cm³/mol. The van der Waals surface area contributed by atoms with Crippen molar-refractivity contribution in [1.29, 1.82) is 0 Å². The zero-order valence-electron chi connectivity index (χ0n) is 18.5. The summed E-state index contributed by atoms with van der Waals surface area (Å²) in [5.41, 5.74) is 0. The van der Waals surface area contributed by atoms with E-state index in [1.165, 1.54) is 64.7 Å². The summed E-state index contributed by atoms with van der Waals surface area (Å²) in [6, 6.07) is 0. The molecule has 0 aromatic rings. The smallest absolute Gasteiger partial charge is 1.00 e. The molecule has 0 saturated carbocycles. The molecule has 0 amide bonds. The van der Waals surface area contributed by atoms with Gasteiger partial charge >= 0.3 is 181 Å². The minimum Gasteiger partial charge on any atom is -1.00 e. The van der Waals surface area contributed by atoms with E-state index in [2.05, 4.69) is 59.6 Å². The van der Waals surface area contributed by atoms with Gasteiger partial charge < -0.3 is 34.0 Å². The zero-order valence-corrected chi connectivity index (χ0v) is 26.2. The van der Waals surface area contributed by atoms with Gasteiger partial charge in [-0.15, -0.1) is 0 Å². The van der Waals surface area contributed by atoms with Crippen LogP contribution in [0, 0.1) is 0 Å². The Labute approximate surface area is 213 Å². The van der Waals surface area contributed by atoms with Crippen LogP contribution in [0.3, 0.4) is 0 Å². The molecule has 2 aliphatic carbocycles. The van der Waals surface area contributed by atoms with E-state index in [0.29, 0.717) is 0 Å². The molecule has 2 saturated heterocycles. The maximum absolute atomic E-state index is 2.88. The monoisotopic (exact) mass is 632 g/mol. The molecule has 2 fully saturated rings. The van der Waals surface area contributed by atoms with Crippen molar-refractivity contribution in [2.24, 2.45) is 0 Å². The molecule has 0 spiro atoms. The van der Waals surface area contributed by atoms with Crippen molar-refractivity contribution in [3.8, 4) is 0 Å². The molecule has 0 radical (unpaired) electrons. The van der Waals surface area contributed by atoms with Gasteiger partial charge in [-0.25, -0.2) is 0 Å². The molecule has 0 bridgehead atoms.